The molecule has 2 saturated heterocycles. The second kappa shape index (κ2) is 7.18. The van der Waals surface area contributed by atoms with E-state index in [1.165, 1.54) is 4.90 Å². The molecule has 1 N–H and O–H groups in total. The van der Waals surface area contributed by atoms with Crippen LogP contribution in [-0.2, 0) is 11.0 Å². The number of aliphatic hydroxyl groups excluding tert-OH is 1. The number of alkyl halides is 3. The lowest BCUT2D eigenvalue weighted by molar-refractivity contribution is -0.140. The first kappa shape index (κ1) is 20.0. The van der Waals surface area contributed by atoms with E-state index in [4.69, 9.17) is 0 Å². The Balaban J connectivity index is 1.56. The molecule has 1 aromatic heterocycles. The van der Waals surface area contributed by atoms with E-state index in [0.29, 0.717) is 63.4 Å². The SMILES string of the molecule is O=C1N([C@@H]2CC=C(O)CC2)CC[C@@]12CCCN(c1nccc(C(F)(F)F)c1F)C2. The van der Waals surface area contributed by atoms with Crippen LogP contribution in [0.2, 0.25) is 0 Å². The van der Waals surface area contributed by atoms with Crippen LogP contribution in [0.4, 0.5) is 23.4 Å². The van der Waals surface area contributed by atoms with E-state index in [-0.39, 0.29) is 24.3 Å². The van der Waals surface area contributed by atoms with E-state index in [9.17, 15) is 27.5 Å². The third-order valence-corrected chi connectivity index (χ3v) is 6.40. The fourth-order valence-corrected chi connectivity index (χ4v) is 4.85. The van der Waals surface area contributed by atoms with Gasteiger partial charge in [-0.05, 0) is 44.2 Å². The van der Waals surface area contributed by atoms with Crippen molar-refractivity contribution in [2.75, 3.05) is 24.5 Å². The van der Waals surface area contributed by atoms with Crippen LogP contribution in [0, 0.1) is 11.2 Å². The zero-order chi connectivity index (χ0) is 20.8. The standard InChI is InChI=1S/C20H23F4N3O2/c21-16-15(20(22,23)24)6-9-25-17(16)26-10-1-7-19(12-26)8-11-27(18(19)29)13-2-4-14(28)5-3-13/h4,6,9,13,28H,1-3,5,7-8,10-12H2/t13-,19-/m1/s1. The number of carbonyl (C=O) groups is 1. The molecule has 1 amide bonds. The molecule has 0 aromatic carbocycles. The number of halogens is 4. The van der Waals surface area contributed by atoms with Crippen molar-refractivity contribution < 1.29 is 27.5 Å². The van der Waals surface area contributed by atoms with Crippen LogP contribution in [0.5, 0.6) is 0 Å². The lowest BCUT2D eigenvalue weighted by atomic mass is 9.78. The van der Waals surface area contributed by atoms with E-state index in [0.717, 1.165) is 6.20 Å². The third-order valence-electron chi connectivity index (χ3n) is 6.40. The van der Waals surface area contributed by atoms with Crippen molar-refractivity contribution in [2.45, 2.75) is 50.7 Å². The quantitative estimate of drug-likeness (QED) is 0.744. The maximum Gasteiger partial charge on any atom is 0.419 e. The van der Waals surface area contributed by atoms with Crippen molar-refractivity contribution in [1.29, 1.82) is 0 Å². The summed E-state index contributed by atoms with van der Waals surface area (Å²) in [4.78, 5) is 20.5. The summed E-state index contributed by atoms with van der Waals surface area (Å²) < 4.78 is 53.8. The minimum atomic E-state index is -4.80. The molecule has 1 aromatic rings. The number of nitrogens with zero attached hydrogens (tertiary/aromatic N) is 3. The molecule has 2 aliphatic heterocycles. The summed E-state index contributed by atoms with van der Waals surface area (Å²) in [6.45, 7) is 1.10. The van der Waals surface area contributed by atoms with Gasteiger partial charge in [-0.1, -0.05) is 0 Å². The van der Waals surface area contributed by atoms with Crippen LogP contribution in [0.3, 0.4) is 0 Å². The monoisotopic (exact) mass is 413 g/mol. The Morgan fingerprint density at radius 3 is 2.72 bits per heavy atom. The minimum absolute atomic E-state index is 0.0191. The van der Waals surface area contributed by atoms with E-state index in [2.05, 4.69) is 4.98 Å². The molecular formula is C20H23F4N3O2. The van der Waals surface area contributed by atoms with Crippen molar-refractivity contribution in [3.8, 4) is 0 Å². The van der Waals surface area contributed by atoms with Crippen molar-refractivity contribution in [3.63, 3.8) is 0 Å². The Bertz CT molecular complexity index is 842. The molecule has 0 saturated carbocycles. The van der Waals surface area contributed by atoms with Crippen LogP contribution in [0.1, 0.15) is 44.1 Å². The Hall–Kier alpha value is -2.32. The van der Waals surface area contributed by atoms with Crippen LogP contribution in [0.15, 0.2) is 24.1 Å². The predicted octanol–water partition coefficient (Wildman–Crippen LogP) is 4.05. The number of allylic oxidation sites excluding steroid dienone is 1. The molecule has 3 heterocycles. The highest BCUT2D eigenvalue weighted by molar-refractivity contribution is 5.86. The summed E-state index contributed by atoms with van der Waals surface area (Å²) in [5.41, 5.74) is -2.06. The van der Waals surface area contributed by atoms with Gasteiger partial charge in [0, 0.05) is 38.3 Å². The van der Waals surface area contributed by atoms with E-state index in [1.54, 1.807) is 6.08 Å². The molecular weight excluding hydrogens is 390 g/mol. The van der Waals surface area contributed by atoms with E-state index in [1.807, 2.05) is 4.90 Å². The van der Waals surface area contributed by atoms with Gasteiger partial charge in [-0.25, -0.2) is 9.37 Å². The lowest BCUT2D eigenvalue weighted by Gasteiger charge is -2.40. The molecule has 4 rings (SSSR count). The number of amides is 1. The maximum atomic E-state index is 14.6. The van der Waals surface area contributed by atoms with Crippen molar-refractivity contribution in [3.05, 3.63) is 35.5 Å². The zero-order valence-electron chi connectivity index (χ0n) is 15.9. The summed E-state index contributed by atoms with van der Waals surface area (Å²) in [5.74, 6) is -1.39. The minimum Gasteiger partial charge on any atom is -0.513 e. The molecule has 0 radical (unpaired) electrons. The van der Waals surface area contributed by atoms with Crippen molar-refractivity contribution in [1.82, 2.24) is 9.88 Å². The molecule has 2 fully saturated rings. The maximum absolute atomic E-state index is 14.6. The number of hydrogen-bond acceptors (Lipinski definition) is 4. The highest BCUT2D eigenvalue weighted by Crippen LogP contribution is 2.44. The number of hydrogen-bond donors (Lipinski definition) is 1. The van der Waals surface area contributed by atoms with E-state index >= 15 is 0 Å². The zero-order valence-corrected chi connectivity index (χ0v) is 15.9. The van der Waals surface area contributed by atoms with Gasteiger partial charge in [0.05, 0.1) is 16.7 Å². The van der Waals surface area contributed by atoms with Gasteiger partial charge in [-0.2, -0.15) is 13.2 Å². The van der Waals surface area contributed by atoms with Gasteiger partial charge in [0.25, 0.3) is 0 Å². The second-order valence-corrected chi connectivity index (χ2v) is 8.17. The van der Waals surface area contributed by atoms with Crippen molar-refractivity contribution >= 4 is 11.7 Å². The first-order valence-electron chi connectivity index (χ1n) is 9.87. The normalized spacial score (nSPS) is 28.2. The van der Waals surface area contributed by atoms with Gasteiger partial charge in [0.2, 0.25) is 5.91 Å². The topological polar surface area (TPSA) is 56.7 Å². The molecule has 0 unspecified atom stereocenters. The van der Waals surface area contributed by atoms with Gasteiger partial charge in [-0.3, -0.25) is 4.79 Å². The summed E-state index contributed by atoms with van der Waals surface area (Å²) in [5, 5.41) is 9.57. The third kappa shape index (κ3) is 3.55. The molecule has 2 atom stereocenters. The number of anilines is 1. The molecule has 9 heteroatoms. The van der Waals surface area contributed by atoms with E-state index < -0.39 is 23.0 Å². The van der Waals surface area contributed by atoms with Crippen LogP contribution >= 0.6 is 0 Å². The fraction of sp³-hybridized carbons (Fsp3) is 0.600. The highest BCUT2D eigenvalue weighted by atomic mass is 19.4. The molecule has 1 spiro atoms. The van der Waals surface area contributed by atoms with Crippen LogP contribution in [0.25, 0.3) is 0 Å². The Morgan fingerprint density at radius 2 is 2.03 bits per heavy atom. The Morgan fingerprint density at radius 1 is 1.24 bits per heavy atom. The predicted molar refractivity (Wildman–Crippen MR) is 97.8 cm³/mol. The molecule has 0 bridgehead atoms. The summed E-state index contributed by atoms with van der Waals surface area (Å²) >= 11 is 0. The second-order valence-electron chi connectivity index (χ2n) is 8.17. The molecule has 3 aliphatic rings. The number of likely N-dealkylation sites (tertiary alicyclic amines) is 1. The fourth-order valence-electron chi connectivity index (χ4n) is 4.85. The summed E-state index contributed by atoms with van der Waals surface area (Å²) in [7, 11) is 0. The average Bonchev–Trinajstić information content (AvgIpc) is 2.98. The number of carbonyl (C=O) groups excluding carboxylic acids is 1. The summed E-state index contributed by atoms with van der Waals surface area (Å²) in [6.07, 6.45) is 1.54. The van der Waals surface area contributed by atoms with Gasteiger partial charge in [-0.15, -0.1) is 0 Å². The Labute approximate surface area is 166 Å². The Kier molecular flexibility index (Phi) is 4.94. The largest absolute Gasteiger partial charge is 0.513 e. The molecule has 1 aliphatic carbocycles. The molecule has 158 valence electrons. The summed E-state index contributed by atoms with van der Waals surface area (Å²) in [6, 6.07) is 0.657. The first-order valence-corrected chi connectivity index (χ1v) is 9.87. The molecule has 5 nitrogen and oxygen atoms in total. The number of pyridine rings is 1. The van der Waals surface area contributed by atoms with Crippen molar-refractivity contribution in [2.24, 2.45) is 5.41 Å². The van der Waals surface area contributed by atoms with Gasteiger partial charge in [0.15, 0.2) is 11.6 Å². The molecule has 29 heavy (non-hydrogen) atoms. The number of piperidine rings is 1. The average molecular weight is 413 g/mol. The first-order chi connectivity index (χ1) is 13.7. The van der Waals surface area contributed by atoms with Crippen LogP contribution < -0.4 is 4.90 Å². The number of aliphatic hydroxyl groups is 1. The lowest BCUT2D eigenvalue weighted by Crippen LogP contribution is -2.50. The van der Waals surface area contributed by atoms with Crippen LogP contribution in [-0.4, -0.2) is 46.6 Å². The van der Waals surface area contributed by atoms with Gasteiger partial charge >= 0.3 is 6.18 Å². The van der Waals surface area contributed by atoms with Gasteiger partial charge in [0.1, 0.15) is 0 Å². The smallest absolute Gasteiger partial charge is 0.419 e. The number of rotatable bonds is 2. The number of aromatic nitrogens is 1. The van der Waals surface area contributed by atoms with Gasteiger partial charge < -0.3 is 14.9 Å². The highest BCUT2D eigenvalue weighted by Gasteiger charge is 2.51.